The van der Waals surface area contributed by atoms with E-state index >= 15 is 0 Å². The van der Waals surface area contributed by atoms with E-state index in [2.05, 4.69) is 20.6 Å². The lowest BCUT2D eigenvalue weighted by Gasteiger charge is -2.12. The summed E-state index contributed by atoms with van der Waals surface area (Å²) in [6, 6.07) is 6.20. The van der Waals surface area contributed by atoms with E-state index in [-0.39, 0.29) is 5.91 Å². The van der Waals surface area contributed by atoms with Gasteiger partial charge in [-0.3, -0.25) is 4.79 Å². The molecule has 2 aromatic rings. The fraction of sp³-hybridized carbons (Fsp3) is 0.450. The Balaban J connectivity index is 1.49. The molecule has 0 saturated heterocycles. The molecule has 27 heavy (non-hydrogen) atoms. The maximum absolute atomic E-state index is 12.2. The molecule has 7 nitrogen and oxygen atoms in total. The van der Waals surface area contributed by atoms with Crippen LogP contribution in [0.3, 0.4) is 0 Å². The quantitative estimate of drug-likeness (QED) is 0.743. The van der Waals surface area contributed by atoms with Gasteiger partial charge >= 0.3 is 0 Å². The molecule has 1 heterocycles. The Morgan fingerprint density at radius 3 is 2.56 bits per heavy atom. The van der Waals surface area contributed by atoms with Gasteiger partial charge in [-0.2, -0.15) is 0 Å². The van der Waals surface area contributed by atoms with Crippen LogP contribution in [0.5, 0.6) is 11.5 Å². The average molecular weight is 370 g/mol. The first-order valence-corrected chi connectivity index (χ1v) is 9.27. The predicted octanol–water partition coefficient (Wildman–Crippen LogP) is 2.82. The number of rotatable bonds is 8. The maximum Gasteiger partial charge on any atom is 0.271 e. The van der Waals surface area contributed by atoms with Crippen molar-refractivity contribution in [1.82, 2.24) is 15.3 Å². The fourth-order valence-corrected chi connectivity index (χ4v) is 3.25. The van der Waals surface area contributed by atoms with Crippen LogP contribution < -0.4 is 20.1 Å². The largest absolute Gasteiger partial charge is 0.493 e. The second-order valence-corrected chi connectivity index (χ2v) is 6.61. The number of carbonyl (C=O) groups is 1. The summed E-state index contributed by atoms with van der Waals surface area (Å²) >= 11 is 0. The van der Waals surface area contributed by atoms with Gasteiger partial charge in [0.05, 0.1) is 26.6 Å². The molecule has 7 heteroatoms. The number of aromatic nitrogens is 2. The molecule has 0 unspecified atom stereocenters. The van der Waals surface area contributed by atoms with Crippen LogP contribution in [0.15, 0.2) is 30.6 Å². The number of methoxy groups -OCH3 is 2. The van der Waals surface area contributed by atoms with Crippen molar-refractivity contribution in [3.8, 4) is 11.5 Å². The molecule has 1 aromatic heterocycles. The van der Waals surface area contributed by atoms with E-state index in [4.69, 9.17) is 9.47 Å². The number of ether oxygens (including phenoxy) is 2. The third kappa shape index (κ3) is 5.09. The SMILES string of the molecule is COc1ccc(CCNC(=O)c2cnc(NC3CCCC3)cn2)cc1OC. The van der Waals surface area contributed by atoms with Gasteiger partial charge in [0.25, 0.3) is 5.91 Å². The number of carbonyl (C=O) groups excluding carboxylic acids is 1. The third-order valence-corrected chi connectivity index (χ3v) is 4.74. The van der Waals surface area contributed by atoms with Crippen LogP contribution in [-0.4, -0.2) is 42.7 Å². The van der Waals surface area contributed by atoms with Crippen molar-refractivity contribution in [1.29, 1.82) is 0 Å². The van der Waals surface area contributed by atoms with Gasteiger partial charge < -0.3 is 20.1 Å². The number of benzene rings is 1. The lowest BCUT2D eigenvalue weighted by molar-refractivity contribution is 0.0949. The molecule has 1 fully saturated rings. The lowest BCUT2D eigenvalue weighted by atomic mass is 10.1. The molecule has 1 aliphatic rings. The Labute approximate surface area is 159 Å². The zero-order chi connectivity index (χ0) is 19.1. The fourth-order valence-electron chi connectivity index (χ4n) is 3.25. The summed E-state index contributed by atoms with van der Waals surface area (Å²) in [6.07, 6.45) is 8.67. The van der Waals surface area contributed by atoms with E-state index in [1.165, 1.54) is 31.9 Å². The van der Waals surface area contributed by atoms with Crippen LogP contribution >= 0.6 is 0 Å². The summed E-state index contributed by atoms with van der Waals surface area (Å²) in [6.45, 7) is 0.498. The topological polar surface area (TPSA) is 85.4 Å². The van der Waals surface area contributed by atoms with Crippen molar-refractivity contribution >= 4 is 11.7 Å². The minimum absolute atomic E-state index is 0.226. The molecule has 0 atom stereocenters. The Morgan fingerprint density at radius 1 is 1.11 bits per heavy atom. The van der Waals surface area contributed by atoms with Crippen molar-refractivity contribution in [3.63, 3.8) is 0 Å². The molecular weight excluding hydrogens is 344 g/mol. The van der Waals surface area contributed by atoms with Crippen LogP contribution in [0.4, 0.5) is 5.82 Å². The summed E-state index contributed by atoms with van der Waals surface area (Å²) in [7, 11) is 3.21. The molecule has 1 aromatic carbocycles. The van der Waals surface area contributed by atoms with Crippen molar-refractivity contribution in [2.24, 2.45) is 0 Å². The molecule has 1 saturated carbocycles. The molecule has 144 valence electrons. The Hall–Kier alpha value is -2.83. The van der Waals surface area contributed by atoms with Gasteiger partial charge in [0.15, 0.2) is 11.5 Å². The Morgan fingerprint density at radius 2 is 1.89 bits per heavy atom. The van der Waals surface area contributed by atoms with Crippen LogP contribution in [0.2, 0.25) is 0 Å². The van der Waals surface area contributed by atoms with E-state index in [1.807, 2.05) is 18.2 Å². The highest BCUT2D eigenvalue weighted by molar-refractivity contribution is 5.92. The highest BCUT2D eigenvalue weighted by Gasteiger charge is 2.15. The molecule has 1 amide bonds. The average Bonchev–Trinajstić information content (AvgIpc) is 3.21. The summed E-state index contributed by atoms with van der Waals surface area (Å²) in [5, 5.41) is 6.24. The van der Waals surface area contributed by atoms with Gasteiger partial charge in [-0.15, -0.1) is 0 Å². The van der Waals surface area contributed by atoms with Gasteiger partial charge in [-0.25, -0.2) is 9.97 Å². The molecule has 0 radical (unpaired) electrons. The molecule has 3 rings (SSSR count). The summed E-state index contributed by atoms with van der Waals surface area (Å²) < 4.78 is 10.5. The van der Waals surface area contributed by atoms with Gasteiger partial charge in [-0.05, 0) is 37.0 Å². The molecule has 1 aliphatic carbocycles. The van der Waals surface area contributed by atoms with E-state index in [0.29, 0.717) is 36.2 Å². The second kappa shape index (κ2) is 9.21. The normalized spacial score (nSPS) is 14.0. The zero-order valence-electron chi connectivity index (χ0n) is 15.8. The smallest absolute Gasteiger partial charge is 0.271 e. The van der Waals surface area contributed by atoms with Gasteiger partial charge in [0, 0.05) is 12.6 Å². The summed E-state index contributed by atoms with van der Waals surface area (Å²) in [5.41, 5.74) is 1.37. The van der Waals surface area contributed by atoms with Crippen molar-refractivity contribution in [2.75, 3.05) is 26.1 Å². The molecule has 0 bridgehead atoms. The highest BCUT2D eigenvalue weighted by Crippen LogP contribution is 2.27. The van der Waals surface area contributed by atoms with Crippen molar-refractivity contribution in [2.45, 2.75) is 38.1 Å². The first kappa shape index (κ1) is 18.9. The van der Waals surface area contributed by atoms with E-state index in [9.17, 15) is 4.79 Å². The summed E-state index contributed by atoms with van der Waals surface area (Å²) in [4.78, 5) is 20.8. The van der Waals surface area contributed by atoms with Gasteiger partial charge in [0.2, 0.25) is 0 Å². The van der Waals surface area contributed by atoms with E-state index < -0.39 is 0 Å². The maximum atomic E-state index is 12.2. The van der Waals surface area contributed by atoms with Crippen molar-refractivity contribution < 1.29 is 14.3 Å². The standard InChI is InChI=1S/C20H26N4O3/c1-26-17-8-7-14(11-18(17)27-2)9-10-21-20(25)16-12-23-19(13-22-16)24-15-5-3-4-6-15/h7-8,11-13,15H,3-6,9-10H2,1-2H3,(H,21,25)(H,23,24). The second-order valence-electron chi connectivity index (χ2n) is 6.61. The number of amides is 1. The van der Waals surface area contributed by atoms with E-state index in [0.717, 1.165) is 11.4 Å². The molecule has 0 aliphatic heterocycles. The monoisotopic (exact) mass is 370 g/mol. The Bertz CT molecular complexity index is 758. The highest BCUT2D eigenvalue weighted by atomic mass is 16.5. The van der Waals surface area contributed by atoms with Crippen LogP contribution in [0.25, 0.3) is 0 Å². The van der Waals surface area contributed by atoms with E-state index in [1.54, 1.807) is 20.4 Å². The van der Waals surface area contributed by atoms with Crippen molar-refractivity contribution in [3.05, 3.63) is 41.9 Å². The predicted molar refractivity (Wildman–Crippen MR) is 103 cm³/mol. The number of nitrogens with zero attached hydrogens (tertiary/aromatic N) is 2. The van der Waals surface area contributed by atoms with Gasteiger partial charge in [-0.1, -0.05) is 18.9 Å². The molecule has 2 N–H and O–H groups in total. The lowest BCUT2D eigenvalue weighted by Crippen LogP contribution is -2.27. The Kier molecular flexibility index (Phi) is 6.46. The third-order valence-electron chi connectivity index (χ3n) is 4.74. The first-order chi connectivity index (χ1) is 13.2. The number of hydrogen-bond donors (Lipinski definition) is 2. The first-order valence-electron chi connectivity index (χ1n) is 9.27. The van der Waals surface area contributed by atoms with Crippen LogP contribution in [0, 0.1) is 0 Å². The van der Waals surface area contributed by atoms with Gasteiger partial charge in [0.1, 0.15) is 11.5 Å². The van der Waals surface area contributed by atoms with Crippen LogP contribution in [-0.2, 0) is 6.42 Å². The molecule has 0 spiro atoms. The zero-order valence-corrected chi connectivity index (χ0v) is 15.8. The molecular formula is C20H26N4O3. The van der Waals surface area contributed by atoms with Crippen LogP contribution in [0.1, 0.15) is 41.7 Å². The number of hydrogen-bond acceptors (Lipinski definition) is 6. The number of nitrogens with one attached hydrogen (secondary N) is 2. The number of anilines is 1. The summed E-state index contributed by atoms with van der Waals surface area (Å²) in [5.74, 6) is 1.86. The minimum Gasteiger partial charge on any atom is -0.493 e. The minimum atomic E-state index is -0.226.